The molecule has 0 spiro atoms. The van der Waals surface area contributed by atoms with Crippen molar-refractivity contribution in [3.8, 4) is 6.07 Å². The van der Waals surface area contributed by atoms with Gasteiger partial charge < -0.3 is 5.21 Å². The van der Waals surface area contributed by atoms with Gasteiger partial charge in [0.2, 0.25) is 0 Å². The largest absolute Gasteiger partial charge is 0.618 e. The predicted molar refractivity (Wildman–Crippen MR) is 44.3 cm³/mol. The highest BCUT2D eigenvalue weighted by atomic mass is 16.5. The molecule has 0 unspecified atom stereocenters. The zero-order chi connectivity index (χ0) is 9.30. The summed E-state index contributed by atoms with van der Waals surface area (Å²) < 4.78 is 0.797. The normalized spacial score (nSPS) is 9.50. The summed E-state index contributed by atoms with van der Waals surface area (Å²) >= 11 is 0. The molecule has 0 radical (unpaired) electrons. The monoisotopic (exact) mass is 162 g/mol. The average Bonchev–Trinajstić information content (AvgIpc) is 2.01. The van der Waals surface area contributed by atoms with Gasteiger partial charge in [-0.25, -0.2) is 0 Å². The highest BCUT2D eigenvalue weighted by molar-refractivity contribution is 5.41. The van der Waals surface area contributed by atoms with Gasteiger partial charge in [-0.05, 0) is 13.8 Å². The van der Waals surface area contributed by atoms with Gasteiger partial charge >= 0.3 is 0 Å². The Labute approximate surface area is 71.5 Å². The van der Waals surface area contributed by atoms with Crippen molar-refractivity contribution in [1.29, 1.82) is 5.26 Å². The maximum atomic E-state index is 11.1. The molecule has 0 fully saturated rings. The summed E-state index contributed by atoms with van der Waals surface area (Å²) in [5.41, 5.74) is 2.71. The molecule has 1 heterocycles. The van der Waals surface area contributed by atoms with E-state index in [1.54, 1.807) is 20.8 Å². The Bertz CT molecular complexity index is 364. The molecule has 1 aromatic heterocycles. The second kappa shape index (κ2) is 2.82. The Kier molecular flexibility index (Phi) is 2.01. The van der Waals surface area contributed by atoms with Gasteiger partial charge in [-0.15, -0.1) is 0 Å². The lowest BCUT2D eigenvalue weighted by molar-refractivity contribution is -0.613. The van der Waals surface area contributed by atoms with Crippen molar-refractivity contribution in [1.82, 2.24) is 0 Å². The quantitative estimate of drug-likeness (QED) is 0.424. The van der Waals surface area contributed by atoms with Crippen LogP contribution in [0.2, 0.25) is 0 Å². The fourth-order valence-corrected chi connectivity index (χ4v) is 1.15. The first-order valence-electron chi connectivity index (χ1n) is 3.68. The molecule has 0 N–H and O–H groups in total. The third-order valence-electron chi connectivity index (χ3n) is 2.07. The summed E-state index contributed by atoms with van der Waals surface area (Å²) in [6.07, 6.45) is 1.43. The van der Waals surface area contributed by atoms with E-state index < -0.39 is 0 Å². The maximum absolute atomic E-state index is 11.1. The van der Waals surface area contributed by atoms with Gasteiger partial charge in [0.05, 0.1) is 5.56 Å². The van der Waals surface area contributed by atoms with E-state index in [4.69, 9.17) is 5.26 Å². The summed E-state index contributed by atoms with van der Waals surface area (Å²) in [4.78, 5) is 0. The second-order valence-electron chi connectivity index (χ2n) is 2.84. The zero-order valence-corrected chi connectivity index (χ0v) is 7.38. The van der Waals surface area contributed by atoms with Crippen LogP contribution in [-0.4, -0.2) is 0 Å². The molecule has 12 heavy (non-hydrogen) atoms. The molecule has 0 bridgehead atoms. The van der Waals surface area contributed by atoms with Crippen molar-refractivity contribution < 1.29 is 4.73 Å². The molecule has 0 atom stereocenters. The molecule has 3 nitrogen and oxygen atoms in total. The van der Waals surface area contributed by atoms with Gasteiger partial charge in [-0.2, -0.15) is 9.99 Å². The highest BCUT2D eigenvalue weighted by Gasteiger charge is 2.11. The molecule has 0 aliphatic heterocycles. The van der Waals surface area contributed by atoms with Crippen LogP contribution in [0.25, 0.3) is 0 Å². The first-order chi connectivity index (χ1) is 5.57. The smallest absolute Gasteiger partial charge is 0.193 e. The van der Waals surface area contributed by atoms with Gasteiger partial charge in [0.25, 0.3) is 0 Å². The average molecular weight is 162 g/mol. The van der Waals surface area contributed by atoms with E-state index >= 15 is 0 Å². The molecule has 1 aromatic rings. The first-order valence-corrected chi connectivity index (χ1v) is 3.68. The molecule has 62 valence electrons. The van der Waals surface area contributed by atoms with Gasteiger partial charge in [0, 0.05) is 18.1 Å². The molecule has 0 saturated carbocycles. The van der Waals surface area contributed by atoms with E-state index in [0.29, 0.717) is 11.3 Å². The van der Waals surface area contributed by atoms with Crippen molar-refractivity contribution in [2.24, 2.45) is 0 Å². The van der Waals surface area contributed by atoms with E-state index in [9.17, 15) is 5.21 Å². The summed E-state index contributed by atoms with van der Waals surface area (Å²) in [5, 5.41) is 19.9. The van der Waals surface area contributed by atoms with Crippen molar-refractivity contribution >= 4 is 0 Å². The Morgan fingerprint density at radius 3 is 2.50 bits per heavy atom. The summed E-state index contributed by atoms with van der Waals surface area (Å²) in [6.45, 7) is 5.26. The minimum Gasteiger partial charge on any atom is -0.618 e. The molecule has 0 amide bonds. The van der Waals surface area contributed by atoms with E-state index in [1.807, 2.05) is 0 Å². The molecule has 0 aliphatic rings. The molecular formula is C9H10N2O. The topological polar surface area (TPSA) is 50.7 Å². The van der Waals surface area contributed by atoms with Crippen LogP contribution in [0, 0.1) is 37.3 Å². The van der Waals surface area contributed by atoms with Crippen LogP contribution >= 0.6 is 0 Å². The third kappa shape index (κ3) is 1.12. The van der Waals surface area contributed by atoms with Crippen LogP contribution in [0.5, 0.6) is 0 Å². The number of nitrogens with zero attached hydrogens (tertiary/aromatic N) is 2. The van der Waals surface area contributed by atoms with Gasteiger partial charge in [-0.1, -0.05) is 0 Å². The Morgan fingerprint density at radius 1 is 1.42 bits per heavy atom. The number of aryl methyl sites for hydroxylation is 1. The fraction of sp³-hybridized carbons (Fsp3) is 0.333. The highest BCUT2D eigenvalue weighted by Crippen LogP contribution is 2.11. The van der Waals surface area contributed by atoms with Crippen molar-refractivity contribution in [3.63, 3.8) is 0 Å². The van der Waals surface area contributed by atoms with Gasteiger partial charge in [0.15, 0.2) is 11.9 Å². The lowest BCUT2D eigenvalue weighted by atomic mass is 10.1. The van der Waals surface area contributed by atoms with Crippen LogP contribution in [0.15, 0.2) is 6.20 Å². The molecule has 1 rings (SSSR count). The fourth-order valence-electron chi connectivity index (χ4n) is 1.15. The zero-order valence-electron chi connectivity index (χ0n) is 7.38. The maximum Gasteiger partial charge on any atom is 0.193 e. The van der Waals surface area contributed by atoms with Crippen molar-refractivity contribution in [2.75, 3.05) is 0 Å². The number of nitriles is 1. The summed E-state index contributed by atoms with van der Waals surface area (Å²) in [6, 6.07) is 2.08. The lowest BCUT2D eigenvalue weighted by Crippen LogP contribution is -2.31. The molecule has 0 aromatic carbocycles. The second-order valence-corrected chi connectivity index (χ2v) is 2.84. The number of pyridine rings is 1. The molecular weight excluding hydrogens is 152 g/mol. The summed E-state index contributed by atoms with van der Waals surface area (Å²) in [7, 11) is 0. The Balaban J connectivity index is 3.54. The predicted octanol–water partition coefficient (Wildman–Crippen LogP) is 1.12. The lowest BCUT2D eigenvalue weighted by Gasteiger charge is -2.06. The molecule has 0 saturated heterocycles. The van der Waals surface area contributed by atoms with Gasteiger partial charge in [0.1, 0.15) is 6.07 Å². The van der Waals surface area contributed by atoms with Crippen LogP contribution in [-0.2, 0) is 0 Å². The van der Waals surface area contributed by atoms with Crippen LogP contribution in [0.1, 0.15) is 22.4 Å². The van der Waals surface area contributed by atoms with Gasteiger partial charge in [-0.3, -0.25) is 0 Å². The van der Waals surface area contributed by atoms with Crippen LogP contribution in [0.3, 0.4) is 0 Å². The molecule has 0 aliphatic carbocycles. The number of hydrogen-bond acceptors (Lipinski definition) is 2. The van der Waals surface area contributed by atoms with E-state index in [-0.39, 0.29) is 0 Å². The van der Waals surface area contributed by atoms with E-state index in [2.05, 4.69) is 6.07 Å². The minimum atomic E-state index is 0.595. The SMILES string of the molecule is Cc1c[n+]([O-])c(C)c(C)c1C#N. The number of rotatable bonds is 0. The van der Waals surface area contributed by atoms with Crippen LogP contribution in [0.4, 0.5) is 0 Å². The van der Waals surface area contributed by atoms with Crippen LogP contribution < -0.4 is 4.73 Å². The Morgan fingerprint density at radius 2 is 2.00 bits per heavy atom. The van der Waals surface area contributed by atoms with E-state index in [1.165, 1.54) is 6.20 Å². The minimum absolute atomic E-state index is 0.595. The van der Waals surface area contributed by atoms with E-state index in [0.717, 1.165) is 15.9 Å². The number of hydrogen-bond donors (Lipinski definition) is 0. The summed E-state index contributed by atoms with van der Waals surface area (Å²) in [5.74, 6) is 0. The van der Waals surface area contributed by atoms with Crippen molar-refractivity contribution in [2.45, 2.75) is 20.8 Å². The Hall–Kier alpha value is -1.56. The first kappa shape index (κ1) is 8.54. The number of aromatic nitrogens is 1. The molecule has 3 heteroatoms. The standard InChI is InChI=1S/C9H10N2O/c1-6-5-11(12)8(3)7(2)9(6)4-10/h5H,1-3H3. The third-order valence-corrected chi connectivity index (χ3v) is 2.07. The van der Waals surface area contributed by atoms with Crippen molar-refractivity contribution in [3.05, 3.63) is 33.8 Å².